The Morgan fingerprint density at radius 2 is 1.71 bits per heavy atom. The Balaban J connectivity index is 1.11. The van der Waals surface area contributed by atoms with Gasteiger partial charge in [0.15, 0.2) is 23.4 Å². The number of anilines is 1. The number of piperazine rings is 2. The first-order chi connectivity index (χ1) is 20.0. The van der Waals surface area contributed by atoms with Gasteiger partial charge in [0.1, 0.15) is 18.0 Å². The van der Waals surface area contributed by atoms with Crippen molar-refractivity contribution in [1.82, 2.24) is 14.7 Å². The maximum Gasteiger partial charge on any atom is 0.188 e. The molecule has 0 aliphatic carbocycles. The second-order valence-corrected chi connectivity index (χ2v) is 11.6. The Labute approximate surface area is 243 Å². The fourth-order valence-electron chi connectivity index (χ4n) is 6.44. The molecule has 4 heterocycles. The SMILES string of the molecule is COc1cc2c(c(N3CCN(C)CC3)c1OC)OCC1C2=NOC1CN1CCN(CC(C)=Cc2ccccc2)CC1. The summed E-state index contributed by atoms with van der Waals surface area (Å²) >= 11 is 0. The Kier molecular flexibility index (Phi) is 8.37. The predicted molar refractivity (Wildman–Crippen MR) is 163 cm³/mol. The molecule has 6 rings (SSSR count). The second-order valence-electron chi connectivity index (χ2n) is 11.6. The minimum atomic E-state index is -0.0235. The van der Waals surface area contributed by atoms with Crippen LogP contribution in [0, 0.1) is 5.92 Å². The zero-order chi connectivity index (χ0) is 28.3. The molecule has 0 amide bonds. The zero-order valence-electron chi connectivity index (χ0n) is 24.8. The van der Waals surface area contributed by atoms with Crippen molar-refractivity contribution in [3.05, 3.63) is 53.1 Å². The molecule has 2 aromatic rings. The molecule has 0 aromatic heterocycles. The van der Waals surface area contributed by atoms with E-state index in [1.165, 1.54) is 11.1 Å². The van der Waals surface area contributed by atoms with Gasteiger partial charge in [-0.05, 0) is 25.6 Å². The predicted octanol–water partition coefficient (Wildman–Crippen LogP) is 3.29. The smallest absolute Gasteiger partial charge is 0.188 e. The lowest BCUT2D eigenvalue weighted by Crippen LogP contribution is -2.50. The molecule has 0 bridgehead atoms. The van der Waals surface area contributed by atoms with Crippen LogP contribution in [0.2, 0.25) is 0 Å². The van der Waals surface area contributed by atoms with Gasteiger partial charge in [0.05, 0.1) is 20.1 Å². The van der Waals surface area contributed by atoms with Gasteiger partial charge in [-0.3, -0.25) is 9.80 Å². The third-order valence-electron chi connectivity index (χ3n) is 8.78. The number of rotatable bonds is 8. The largest absolute Gasteiger partial charge is 0.493 e. The van der Waals surface area contributed by atoms with E-state index in [0.29, 0.717) is 12.4 Å². The van der Waals surface area contributed by atoms with E-state index in [1.54, 1.807) is 14.2 Å². The number of benzene rings is 2. The molecule has 9 nitrogen and oxygen atoms in total. The fourth-order valence-corrected chi connectivity index (χ4v) is 6.44. The molecule has 4 aliphatic heterocycles. The highest BCUT2D eigenvalue weighted by Gasteiger charge is 2.43. The summed E-state index contributed by atoms with van der Waals surface area (Å²) in [5.74, 6) is 2.34. The summed E-state index contributed by atoms with van der Waals surface area (Å²) in [6.07, 6.45) is 2.27. The van der Waals surface area contributed by atoms with Crippen LogP contribution in [0.5, 0.6) is 17.2 Å². The van der Waals surface area contributed by atoms with Gasteiger partial charge >= 0.3 is 0 Å². The molecule has 9 heteroatoms. The summed E-state index contributed by atoms with van der Waals surface area (Å²) < 4.78 is 18.2. The molecule has 0 radical (unpaired) electrons. The Hall–Kier alpha value is -3.27. The molecular formula is C32H43N5O4. The van der Waals surface area contributed by atoms with Crippen molar-refractivity contribution in [2.45, 2.75) is 13.0 Å². The van der Waals surface area contributed by atoms with E-state index in [1.807, 2.05) is 6.07 Å². The van der Waals surface area contributed by atoms with Crippen LogP contribution in [0.4, 0.5) is 5.69 Å². The second kappa shape index (κ2) is 12.3. The molecule has 2 aromatic carbocycles. The minimum Gasteiger partial charge on any atom is -0.493 e. The summed E-state index contributed by atoms with van der Waals surface area (Å²) in [7, 11) is 5.54. The van der Waals surface area contributed by atoms with Crippen molar-refractivity contribution < 1.29 is 19.0 Å². The summed E-state index contributed by atoms with van der Waals surface area (Å²) in [5, 5.41) is 4.64. The van der Waals surface area contributed by atoms with Crippen molar-refractivity contribution in [3.8, 4) is 17.2 Å². The van der Waals surface area contributed by atoms with E-state index >= 15 is 0 Å². The van der Waals surface area contributed by atoms with E-state index < -0.39 is 0 Å². The first kappa shape index (κ1) is 27.9. The number of likely N-dealkylation sites (N-methyl/N-ethyl adjacent to an activating group) is 1. The molecule has 41 heavy (non-hydrogen) atoms. The fraction of sp³-hybridized carbons (Fsp3) is 0.531. The molecule has 0 N–H and O–H groups in total. The molecule has 2 fully saturated rings. The number of hydrogen-bond donors (Lipinski definition) is 0. The van der Waals surface area contributed by atoms with Gasteiger partial charge in [-0.25, -0.2) is 0 Å². The van der Waals surface area contributed by atoms with Crippen LogP contribution in [-0.2, 0) is 4.84 Å². The van der Waals surface area contributed by atoms with Gasteiger partial charge in [-0.1, -0.05) is 47.1 Å². The number of hydrogen-bond acceptors (Lipinski definition) is 9. The van der Waals surface area contributed by atoms with E-state index in [9.17, 15) is 0 Å². The van der Waals surface area contributed by atoms with Crippen molar-refractivity contribution in [2.24, 2.45) is 11.1 Å². The quantitative estimate of drug-likeness (QED) is 0.487. The molecule has 4 aliphatic rings. The summed E-state index contributed by atoms with van der Waals surface area (Å²) in [6, 6.07) is 12.6. The number of methoxy groups -OCH3 is 2. The van der Waals surface area contributed by atoms with Crippen LogP contribution in [0.3, 0.4) is 0 Å². The number of nitrogens with zero attached hydrogens (tertiary/aromatic N) is 5. The first-order valence-electron chi connectivity index (χ1n) is 14.8. The van der Waals surface area contributed by atoms with E-state index in [0.717, 1.165) is 93.9 Å². The van der Waals surface area contributed by atoms with Gasteiger partial charge in [0.2, 0.25) is 0 Å². The molecule has 0 spiro atoms. The van der Waals surface area contributed by atoms with Gasteiger partial charge in [0, 0.05) is 71.0 Å². The molecule has 220 valence electrons. The van der Waals surface area contributed by atoms with E-state index in [4.69, 9.17) is 19.0 Å². The molecule has 2 saturated heterocycles. The monoisotopic (exact) mass is 561 g/mol. The minimum absolute atomic E-state index is 0.0235. The molecule has 2 unspecified atom stereocenters. The average molecular weight is 562 g/mol. The van der Waals surface area contributed by atoms with Gasteiger partial charge < -0.3 is 28.8 Å². The van der Waals surface area contributed by atoms with Crippen molar-refractivity contribution >= 4 is 17.5 Å². The van der Waals surface area contributed by atoms with Crippen LogP contribution < -0.4 is 19.1 Å². The van der Waals surface area contributed by atoms with Gasteiger partial charge in [0.25, 0.3) is 0 Å². The molecule has 0 saturated carbocycles. The zero-order valence-corrected chi connectivity index (χ0v) is 24.8. The lowest BCUT2D eigenvalue weighted by atomic mass is 9.89. The topological polar surface area (TPSA) is 62.2 Å². The van der Waals surface area contributed by atoms with Crippen molar-refractivity contribution in [2.75, 3.05) is 98.2 Å². The van der Waals surface area contributed by atoms with Crippen molar-refractivity contribution in [3.63, 3.8) is 0 Å². The van der Waals surface area contributed by atoms with Crippen LogP contribution in [0.15, 0.2) is 47.1 Å². The summed E-state index contributed by atoms with van der Waals surface area (Å²) in [5.41, 5.74) is 5.55. The number of ether oxygens (including phenoxy) is 3. The Bertz CT molecular complexity index is 1270. The maximum atomic E-state index is 6.53. The van der Waals surface area contributed by atoms with Crippen LogP contribution in [0.25, 0.3) is 6.08 Å². The van der Waals surface area contributed by atoms with E-state index in [2.05, 4.69) is 75.1 Å². The van der Waals surface area contributed by atoms with Crippen molar-refractivity contribution in [1.29, 1.82) is 0 Å². The molecule has 2 atom stereocenters. The van der Waals surface area contributed by atoms with Crippen LogP contribution in [-0.4, -0.2) is 120 Å². The standard InChI is InChI=1S/C32H43N5O4/c1-23(18-24-8-6-5-7-9-24)20-35-12-14-36(15-13-35)21-28-26-22-40-31-25(29(26)33-41-28)19-27(38-3)32(39-4)30(31)37-16-10-34(2)11-17-37/h5-9,18-19,26,28H,10-17,20-22H2,1-4H3. The summed E-state index contributed by atoms with van der Waals surface area (Å²) in [6.45, 7) is 12.6. The lowest BCUT2D eigenvalue weighted by Gasteiger charge is -2.38. The number of fused-ring (bicyclic) bond motifs is 3. The Morgan fingerprint density at radius 3 is 2.41 bits per heavy atom. The van der Waals surface area contributed by atoms with Gasteiger partial charge in [-0.15, -0.1) is 0 Å². The number of oxime groups is 1. The third-order valence-corrected chi connectivity index (χ3v) is 8.78. The van der Waals surface area contributed by atoms with Crippen LogP contribution in [0.1, 0.15) is 18.1 Å². The highest BCUT2D eigenvalue weighted by atomic mass is 16.6. The summed E-state index contributed by atoms with van der Waals surface area (Å²) in [4.78, 5) is 15.8. The first-order valence-corrected chi connectivity index (χ1v) is 14.8. The normalized spacial score (nSPS) is 23.8. The van der Waals surface area contributed by atoms with E-state index in [-0.39, 0.29) is 12.0 Å². The highest BCUT2D eigenvalue weighted by molar-refractivity contribution is 6.08. The average Bonchev–Trinajstić information content (AvgIpc) is 3.41. The Morgan fingerprint density at radius 1 is 0.976 bits per heavy atom. The van der Waals surface area contributed by atoms with Gasteiger partial charge in [-0.2, -0.15) is 0 Å². The molecular weight excluding hydrogens is 518 g/mol. The lowest BCUT2D eigenvalue weighted by molar-refractivity contribution is 0.0101. The maximum absolute atomic E-state index is 6.53. The third kappa shape index (κ3) is 5.89. The van der Waals surface area contributed by atoms with Crippen LogP contribution >= 0.6 is 0 Å². The highest BCUT2D eigenvalue weighted by Crippen LogP contribution is 2.50.